The van der Waals surface area contributed by atoms with Crippen LogP contribution in [0.5, 0.6) is 5.75 Å². The first kappa shape index (κ1) is 13.2. The predicted molar refractivity (Wildman–Crippen MR) is 69.7 cm³/mol. The molecule has 19 heavy (non-hydrogen) atoms. The van der Waals surface area contributed by atoms with Crippen molar-refractivity contribution in [2.24, 2.45) is 0 Å². The number of rotatable bonds is 5. The van der Waals surface area contributed by atoms with Crippen molar-refractivity contribution in [3.05, 3.63) is 50.0 Å². The topological polar surface area (TPSA) is 82.3 Å². The number of nitro benzene ring substituents is 1. The summed E-state index contributed by atoms with van der Waals surface area (Å²) >= 11 is 1.47. The zero-order valence-corrected chi connectivity index (χ0v) is 10.8. The Labute approximate surface area is 112 Å². The minimum Gasteiger partial charge on any atom is -0.481 e. The number of hydrogen-bond acceptors (Lipinski definition) is 6. The molecule has 1 aromatic carbocycles. The van der Waals surface area contributed by atoms with Crippen molar-refractivity contribution < 1.29 is 14.5 Å². The lowest BCUT2D eigenvalue weighted by Crippen LogP contribution is -1.98. The van der Waals surface area contributed by atoms with E-state index < -0.39 is 4.92 Å². The van der Waals surface area contributed by atoms with Gasteiger partial charge >= 0.3 is 5.69 Å². The van der Waals surface area contributed by atoms with Gasteiger partial charge in [0.05, 0.1) is 14.8 Å². The van der Waals surface area contributed by atoms with Crippen LogP contribution in [0.1, 0.15) is 20.2 Å². The van der Waals surface area contributed by atoms with Crippen LogP contribution in [0.25, 0.3) is 0 Å². The van der Waals surface area contributed by atoms with Crippen molar-refractivity contribution in [3.63, 3.8) is 0 Å². The summed E-state index contributed by atoms with van der Waals surface area (Å²) in [5, 5.41) is 11.8. The number of aryl methyl sites for hydroxylation is 1. The number of ether oxygens (including phenoxy) is 1. The molecule has 0 unspecified atom stereocenters. The molecule has 98 valence electrons. The van der Waals surface area contributed by atoms with Gasteiger partial charge in [-0.3, -0.25) is 14.9 Å². The van der Waals surface area contributed by atoms with Gasteiger partial charge in [0.2, 0.25) is 0 Å². The van der Waals surface area contributed by atoms with Crippen LogP contribution < -0.4 is 4.74 Å². The number of aromatic nitrogens is 1. The van der Waals surface area contributed by atoms with Crippen LogP contribution in [0.4, 0.5) is 5.69 Å². The molecule has 2 rings (SSSR count). The van der Waals surface area contributed by atoms with Crippen molar-refractivity contribution >= 4 is 23.3 Å². The van der Waals surface area contributed by atoms with Gasteiger partial charge in [0, 0.05) is 17.8 Å². The standard InChI is InChI=1S/C12H10N2O4S/c1-8-13-5-10(19-8)7-18-12-3-2-9(6-15)4-11(12)14(16)17/h2-6H,7H2,1H3. The lowest BCUT2D eigenvalue weighted by atomic mass is 10.2. The number of benzene rings is 1. The lowest BCUT2D eigenvalue weighted by molar-refractivity contribution is -0.386. The molecule has 7 heteroatoms. The fourth-order valence-corrected chi connectivity index (χ4v) is 2.20. The normalized spacial score (nSPS) is 10.2. The quantitative estimate of drug-likeness (QED) is 0.477. The van der Waals surface area contributed by atoms with Gasteiger partial charge in [-0.05, 0) is 19.1 Å². The van der Waals surface area contributed by atoms with E-state index in [4.69, 9.17) is 4.74 Å². The van der Waals surface area contributed by atoms with E-state index in [-0.39, 0.29) is 23.6 Å². The molecule has 2 aromatic rings. The summed E-state index contributed by atoms with van der Waals surface area (Å²) in [4.78, 5) is 25.9. The van der Waals surface area contributed by atoms with Crippen molar-refractivity contribution in [1.82, 2.24) is 4.98 Å². The maximum atomic E-state index is 10.9. The average Bonchev–Trinajstić information content (AvgIpc) is 2.82. The minimum atomic E-state index is -0.569. The highest BCUT2D eigenvalue weighted by Gasteiger charge is 2.16. The van der Waals surface area contributed by atoms with Crippen molar-refractivity contribution in [1.29, 1.82) is 0 Å². The van der Waals surface area contributed by atoms with E-state index in [2.05, 4.69) is 4.98 Å². The summed E-state index contributed by atoms with van der Waals surface area (Å²) in [7, 11) is 0. The first-order valence-corrected chi connectivity index (χ1v) is 6.19. The van der Waals surface area contributed by atoms with Crippen LogP contribution in [0.2, 0.25) is 0 Å². The Morgan fingerprint density at radius 3 is 2.89 bits per heavy atom. The molecule has 0 fully saturated rings. The van der Waals surface area contributed by atoms with Crippen LogP contribution in [0.3, 0.4) is 0 Å². The largest absolute Gasteiger partial charge is 0.481 e. The van der Waals surface area contributed by atoms with E-state index in [1.807, 2.05) is 6.92 Å². The average molecular weight is 278 g/mol. The zero-order chi connectivity index (χ0) is 13.8. The third-order valence-electron chi connectivity index (χ3n) is 2.35. The zero-order valence-electron chi connectivity index (χ0n) is 10.0. The second kappa shape index (κ2) is 5.57. The first-order valence-electron chi connectivity index (χ1n) is 5.38. The molecule has 0 aliphatic carbocycles. The molecular weight excluding hydrogens is 268 g/mol. The van der Waals surface area contributed by atoms with Gasteiger partial charge in [0.15, 0.2) is 5.75 Å². The molecule has 0 amide bonds. The van der Waals surface area contributed by atoms with Crippen LogP contribution in [0.15, 0.2) is 24.4 Å². The minimum absolute atomic E-state index is 0.140. The van der Waals surface area contributed by atoms with E-state index in [1.165, 1.54) is 29.5 Å². The van der Waals surface area contributed by atoms with Crippen LogP contribution in [-0.2, 0) is 6.61 Å². The number of aldehydes is 1. The summed E-state index contributed by atoms with van der Waals surface area (Å²) in [6, 6.07) is 4.10. The molecule has 6 nitrogen and oxygen atoms in total. The Bertz CT molecular complexity index is 624. The summed E-state index contributed by atoms with van der Waals surface area (Å²) in [6.45, 7) is 2.09. The number of nitro groups is 1. The highest BCUT2D eigenvalue weighted by Crippen LogP contribution is 2.28. The number of carbonyl (C=O) groups excluding carboxylic acids is 1. The van der Waals surface area contributed by atoms with Gasteiger partial charge in [-0.25, -0.2) is 4.98 Å². The summed E-state index contributed by atoms with van der Waals surface area (Å²) in [5.41, 5.74) is 0.0264. The molecule has 0 radical (unpaired) electrons. The van der Waals surface area contributed by atoms with Gasteiger partial charge in [0.25, 0.3) is 0 Å². The Hall–Kier alpha value is -2.28. The second-order valence-corrected chi connectivity index (χ2v) is 5.06. The number of thiazole rings is 1. The fraction of sp³-hybridized carbons (Fsp3) is 0.167. The van der Waals surface area contributed by atoms with E-state index in [1.54, 1.807) is 6.20 Å². The van der Waals surface area contributed by atoms with Crippen LogP contribution in [-0.4, -0.2) is 16.2 Å². The molecule has 0 saturated heterocycles. The monoisotopic (exact) mass is 278 g/mol. The highest BCUT2D eigenvalue weighted by molar-refractivity contribution is 7.11. The van der Waals surface area contributed by atoms with Crippen molar-refractivity contribution in [2.75, 3.05) is 0 Å². The lowest BCUT2D eigenvalue weighted by Gasteiger charge is -2.05. The van der Waals surface area contributed by atoms with Gasteiger partial charge < -0.3 is 4.74 Å². The number of nitrogens with zero attached hydrogens (tertiary/aromatic N) is 2. The van der Waals surface area contributed by atoms with E-state index >= 15 is 0 Å². The summed E-state index contributed by atoms with van der Waals surface area (Å²) in [5.74, 6) is 0.140. The van der Waals surface area contributed by atoms with Gasteiger partial charge in [0.1, 0.15) is 12.9 Å². The summed E-state index contributed by atoms with van der Waals surface area (Å²) in [6.07, 6.45) is 2.23. The van der Waals surface area contributed by atoms with E-state index in [9.17, 15) is 14.9 Å². The molecule has 0 N–H and O–H groups in total. The molecule has 0 aliphatic heterocycles. The van der Waals surface area contributed by atoms with Gasteiger partial charge in [-0.2, -0.15) is 0 Å². The Morgan fingerprint density at radius 1 is 1.53 bits per heavy atom. The van der Waals surface area contributed by atoms with E-state index in [0.717, 1.165) is 9.88 Å². The molecule has 0 atom stereocenters. The Kier molecular flexibility index (Phi) is 3.86. The third-order valence-corrected chi connectivity index (χ3v) is 3.24. The smallest absolute Gasteiger partial charge is 0.311 e. The first-order chi connectivity index (χ1) is 9.10. The fourth-order valence-electron chi connectivity index (χ4n) is 1.49. The second-order valence-electron chi connectivity index (χ2n) is 3.74. The predicted octanol–water partition coefficient (Wildman–Crippen LogP) is 2.75. The molecule has 0 aliphatic rings. The Balaban J connectivity index is 2.19. The molecule has 1 heterocycles. The summed E-state index contributed by atoms with van der Waals surface area (Å²) < 4.78 is 5.41. The molecule has 1 aromatic heterocycles. The van der Waals surface area contributed by atoms with Crippen LogP contribution in [0, 0.1) is 17.0 Å². The number of hydrogen-bond donors (Lipinski definition) is 0. The maximum absolute atomic E-state index is 10.9. The molecule has 0 bridgehead atoms. The van der Waals surface area contributed by atoms with Crippen molar-refractivity contribution in [2.45, 2.75) is 13.5 Å². The van der Waals surface area contributed by atoms with Crippen molar-refractivity contribution in [3.8, 4) is 5.75 Å². The van der Waals surface area contributed by atoms with Crippen LogP contribution >= 0.6 is 11.3 Å². The molecule has 0 spiro atoms. The van der Waals surface area contributed by atoms with E-state index in [0.29, 0.717) is 6.29 Å². The molecular formula is C12H10N2O4S. The number of carbonyl (C=O) groups is 1. The molecule has 0 saturated carbocycles. The Morgan fingerprint density at radius 2 is 2.32 bits per heavy atom. The SMILES string of the molecule is Cc1ncc(COc2ccc(C=O)cc2[N+](=O)[O-])s1. The third kappa shape index (κ3) is 3.14. The van der Waals surface area contributed by atoms with Gasteiger partial charge in [-0.15, -0.1) is 11.3 Å². The highest BCUT2D eigenvalue weighted by atomic mass is 32.1. The maximum Gasteiger partial charge on any atom is 0.311 e. The van der Waals surface area contributed by atoms with Gasteiger partial charge in [-0.1, -0.05) is 0 Å².